The number of rotatable bonds is 8. The zero-order valence-electron chi connectivity index (χ0n) is 16.2. The van der Waals surface area contributed by atoms with Crippen molar-refractivity contribution in [2.24, 2.45) is 5.92 Å². The van der Waals surface area contributed by atoms with Crippen molar-refractivity contribution in [1.29, 1.82) is 0 Å². The smallest absolute Gasteiger partial charge is 0.329 e. The first-order chi connectivity index (χ1) is 14.0. The summed E-state index contributed by atoms with van der Waals surface area (Å²) >= 11 is 0. The molecule has 2 heterocycles. The summed E-state index contributed by atoms with van der Waals surface area (Å²) in [6.07, 6.45) is 1.38. The van der Waals surface area contributed by atoms with E-state index in [9.17, 15) is 9.59 Å². The number of esters is 1. The van der Waals surface area contributed by atoms with Crippen molar-refractivity contribution in [1.82, 2.24) is 15.5 Å². The van der Waals surface area contributed by atoms with Crippen molar-refractivity contribution in [3.63, 3.8) is 0 Å². The third-order valence-corrected chi connectivity index (χ3v) is 4.09. The van der Waals surface area contributed by atoms with Gasteiger partial charge in [-0.15, -0.1) is 0 Å². The molecule has 0 aliphatic rings. The van der Waals surface area contributed by atoms with Gasteiger partial charge in [-0.2, -0.15) is 4.98 Å². The van der Waals surface area contributed by atoms with Crippen molar-refractivity contribution in [2.75, 3.05) is 7.11 Å². The number of hydrogen-bond acceptors (Lipinski definition) is 8. The van der Waals surface area contributed by atoms with Gasteiger partial charge in [-0.05, 0) is 30.2 Å². The van der Waals surface area contributed by atoms with Crippen LogP contribution in [0.5, 0.6) is 5.75 Å². The highest BCUT2D eigenvalue weighted by Gasteiger charge is 2.27. The van der Waals surface area contributed by atoms with Crippen LogP contribution in [-0.4, -0.2) is 35.2 Å². The fourth-order valence-corrected chi connectivity index (χ4v) is 2.53. The maximum Gasteiger partial charge on any atom is 0.329 e. The molecule has 0 spiro atoms. The van der Waals surface area contributed by atoms with E-state index in [2.05, 4.69) is 15.5 Å². The molecular formula is C20H21N3O6. The molecular weight excluding hydrogens is 378 g/mol. The molecule has 1 atom stereocenters. The minimum atomic E-state index is -0.853. The van der Waals surface area contributed by atoms with Crippen LogP contribution < -0.4 is 10.1 Å². The molecule has 1 aromatic carbocycles. The molecule has 0 saturated carbocycles. The van der Waals surface area contributed by atoms with Gasteiger partial charge in [-0.1, -0.05) is 31.1 Å². The highest BCUT2D eigenvalue weighted by Crippen LogP contribution is 2.21. The summed E-state index contributed by atoms with van der Waals surface area (Å²) in [5.74, 6) is -0.0469. The first kappa shape index (κ1) is 20.1. The number of nitrogens with zero attached hydrogens (tertiary/aromatic N) is 2. The monoisotopic (exact) mass is 399 g/mol. The second kappa shape index (κ2) is 9.05. The van der Waals surface area contributed by atoms with E-state index in [0.717, 1.165) is 0 Å². The third-order valence-electron chi connectivity index (χ3n) is 4.09. The van der Waals surface area contributed by atoms with Crippen molar-refractivity contribution < 1.29 is 28.0 Å². The number of methoxy groups -OCH3 is 1. The summed E-state index contributed by atoms with van der Waals surface area (Å²) < 4.78 is 20.6. The van der Waals surface area contributed by atoms with Crippen molar-refractivity contribution in [3.05, 3.63) is 54.3 Å². The lowest BCUT2D eigenvalue weighted by atomic mass is 10.0. The van der Waals surface area contributed by atoms with Gasteiger partial charge in [0.05, 0.1) is 13.4 Å². The van der Waals surface area contributed by atoms with E-state index in [1.807, 2.05) is 6.07 Å². The Morgan fingerprint density at radius 2 is 2.03 bits per heavy atom. The number of benzene rings is 1. The molecule has 1 amide bonds. The Morgan fingerprint density at radius 3 is 2.72 bits per heavy atom. The Bertz CT molecular complexity index is 964. The van der Waals surface area contributed by atoms with Crippen molar-refractivity contribution in [2.45, 2.75) is 26.5 Å². The standard InChI is InChI=1S/C20H21N3O6/c1-12(2)17(22-19(24)15-8-5-9-27-15)20(25)28-11-16-21-18(23-29-16)13-6-4-7-14(10-13)26-3/h4-10,12,17H,11H2,1-3H3,(H,22,24). The Balaban J connectivity index is 1.61. The van der Waals surface area contributed by atoms with Gasteiger partial charge in [-0.3, -0.25) is 4.79 Å². The quantitative estimate of drug-likeness (QED) is 0.575. The summed E-state index contributed by atoms with van der Waals surface area (Å²) in [5.41, 5.74) is 0.705. The van der Waals surface area contributed by atoms with E-state index >= 15 is 0 Å². The van der Waals surface area contributed by atoms with Gasteiger partial charge in [0.15, 0.2) is 12.4 Å². The predicted molar refractivity (Wildman–Crippen MR) is 101 cm³/mol. The number of furan rings is 1. The van der Waals surface area contributed by atoms with Crippen LogP contribution in [0.2, 0.25) is 0 Å². The third kappa shape index (κ3) is 5.01. The molecule has 29 heavy (non-hydrogen) atoms. The van der Waals surface area contributed by atoms with E-state index in [0.29, 0.717) is 17.1 Å². The van der Waals surface area contributed by atoms with Crippen LogP contribution in [0.25, 0.3) is 11.4 Å². The fourth-order valence-electron chi connectivity index (χ4n) is 2.53. The summed E-state index contributed by atoms with van der Waals surface area (Å²) in [7, 11) is 1.57. The Kier molecular flexibility index (Phi) is 6.28. The number of carbonyl (C=O) groups is 2. The number of hydrogen-bond donors (Lipinski definition) is 1. The van der Waals surface area contributed by atoms with E-state index in [1.165, 1.54) is 12.3 Å². The Labute approximate surface area is 167 Å². The van der Waals surface area contributed by atoms with Crippen LogP contribution in [0.4, 0.5) is 0 Å². The molecule has 9 nitrogen and oxygen atoms in total. The normalized spacial score (nSPS) is 11.9. The average Bonchev–Trinajstić information content (AvgIpc) is 3.42. The Hall–Kier alpha value is -3.62. The van der Waals surface area contributed by atoms with E-state index in [-0.39, 0.29) is 24.2 Å². The molecule has 0 fully saturated rings. The molecule has 0 aliphatic heterocycles. The van der Waals surface area contributed by atoms with Crippen LogP contribution in [-0.2, 0) is 16.1 Å². The molecule has 0 saturated heterocycles. The molecule has 3 aromatic rings. The van der Waals surface area contributed by atoms with Crippen molar-refractivity contribution >= 4 is 11.9 Å². The largest absolute Gasteiger partial charge is 0.497 e. The molecule has 0 aliphatic carbocycles. The average molecular weight is 399 g/mol. The molecule has 3 rings (SSSR count). The van der Waals surface area contributed by atoms with Crippen LogP contribution in [0.3, 0.4) is 0 Å². The molecule has 2 aromatic heterocycles. The Morgan fingerprint density at radius 1 is 1.21 bits per heavy atom. The second-order valence-corrected chi connectivity index (χ2v) is 6.52. The van der Waals surface area contributed by atoms with Gasteiger partial charge in [0, 0.05) is 5.56 Å². The minimum absolute atomic E-state index is 0.114. The highest BCUT2D eigenvalue weighted by atomic mass is 16.6. The van der Waals surface area contributed by atoms with Crippen LogP contribution >= 0.6 is 0 Å². The predicted octanol–water partition coefficient (Wildman–Crippen LogP) is 2.84. The summed E-state index contributed by atoms with van der Waals surface area (Å²) in [4.78, 5) is 28.8. The molecule has 0 radical (unpaired) electrons. The maximum atomic E-state index is 12.4. The van der Waals surface area contributed by atoms with Crippen LogP contribution in [0, 0.1) is 5.92 Å². The lowest BCUT2D eigenvalue weighted by Crippen LogP contribution is -2.45. The minimum Gasteiger partial charge on any atom is -0.497 e. The molecule has 152 valence electrons. The lowest BCUT2D eigenvalue weighted by molar-refractivity contribution is -0.149. The van der Waals surface area contributed by atoms with Crippen molar-refractivity contribution in [3.8, 4) is 17.1 Å². The molecule has 0 bridgehead atoms. The van der Waals surface area contributed by atoms with Gasteiger partial charge in [0.1, 0.15) is 11.8 Å². The summed E-state index contributed by atoms with van der Waals surface area (Å²) in [5, 5.41) is 6.50. The fraction of sp³-hybridized carbons (Fsp3) is 0.300. The van der Waals surface area contributed by atoms with E-state index < -0.39 is 17.9 Å². The second-order valence-electron chi connectivity index (χ2n) is 6.52. The SMILES string of the molecule is COc1cccc(-c2noc(COC(=O)C(NC(=O)c3ccco3)C(C)C)n2)c1. The highest BCUT2D eigenvalue weighted by molar-refractivity contribution is 5.94. The molecule has 1 N–H and O–H groups in total. The number of ether oxygens (including phenoxy) is 2. The van der Waals surface area contributed by atoms with Gasteiger partial charge >= 0.3 is 5.97 Å². The maximum absolute atomic E-state index is 12.4. The van der Waals surface area contributed by atoms with Crippen LogP contribution in [0.1, 0.15) is 30.3 Å². The lowest BCUT2D eigenvalue weighted by Gasteiger charge is -2.19. The summed E-state index contributed by atoms with van der Waals surface area (Å²) in [6.45, 7) is 3.37. The zero-order chi connectivity index (χ0) is 20.8. The number of aromatic nitrogens is 2. The first-order valence-corrected chi connectivity index (χ1v) is 8.96. The van der Waals surface area contributed by atoms with Gasteiger partial charge in [0.25, 0.3) is 11.8 Å². The van der Waals surface area contributed by atoms with Gasteiger partial charge < -0.3 is 23.7 Å². The molecule has 9 heteroatoms. The van der Waals surface area contributed by atoms with Crippen LogP contribution in [0.15, 0.2) is 51.6 Å². The number of carbonyl (C=O) groups excluding carboxylic acids is 2. The molecule has 1 unspecified atom stereocenters. The number of amides is 1. The van der Waals surface area contributed by atoms with E-state index in [1.54, 1.807) is 45.2 Å². The van der Waals surface area contributed by atoms with E-state index in [4.69, 9.17) is 18.4 Å². The first-order valence-electron chi connectivity index (χ1n) is 8.96. The number of nitrogens with one attached hydrogen (secondary N) is 1. The zero-order valence-corrected chi connectivity index (χ0v) is 16.2. The van der Waals surface area contributed by atoms with Gasteiger partial charge in [0.2, 0.25) is 5.82 Å². The van der Waals surface area contributed by atoms with Gasteiger partial charge in [-0.25, -0.2) is 4.79 Å². The summed E-state index contributed by atoms with van der Waals surface area (Å²) in [6, 6.07) is 9.42. The topological polar surface area (TPSA) is 117 Å².